The molecule has 0 amide bonds. The number of H-pyrrole nitrogens is 1. The molecule has 0 fully saturated rings. The molecule has 0 saturated carbocycles. The van der Waals surface area contributed by atoms with Gasteiger partial charge in [-0.2, -0.15) is 0 Å². The maximum absolute atomic E-state index is 4.53. The molecule has 4 heterocycles. The summed E-state index contributed by atoms with van der Waals surface area (Å²) in [6.07, 6.45) is 10.0. The Kier molecular flexibility index (Phi) is 2.05. The van der Waals surface area contributed by atoms with Gasteiger partial charge in [-0.3, -0.25) is 4.98 Å². The van der Waals surface area contributed by atoms with E-state index in [2.05, 4.69) is 31.1 Å². The van der Waals surface area contributed by atoms with Crippen LogP contribution in [0.4, 0.5) is 0 Å². The molecule has 89 valence electrons. The van der Waals surface area contributed by atoms with E-state index < -0.39 is 0 Å². The van der Waals surface area contributed by atoms with Crippen LogP contribution < -0.4 is 0 Å². The lowest BCUT2D eigenvalue weighted by Crippen LogP contribution is -1.92. The van der Waals surface area contributed by atoms with Crippen LogP contribution in [-0.2, 0) is 0 Å². The molecular weight excluding hydrogens is 238 g/mol. The van der Waals surface area contributed by atoms with Gasteiger partial charge in [0.15, 0.2) is 5.82 Å². The zero-order chi connectivity index (χ0) is 12.7. The predicted octanol–water partition coefficient (Wildman–Crippen LogP) is 2.37. The van der Waals surface area contributed by atoms with E-state index in [0.29, 0.717) is 5.82 Å². The van der Waals surface area contributed by atoms with Crippen LogP contribution in [0, 0.1) is 6.20 Å². The molecule has 0 aliphatic carbocycles. The van der Waals surface area contributed by atoms with Gasteiger partial charge in [-0.15, -0.1) is 0 Å². The van der Waals surface area contributed by atoms with Crippen LogP contribution in [0.15, 0.2) is 43.0 Å². The highest BCUT2D eigenvalue weighted by Gasteiger charge is 2.08. The lowest BCUT2D eigenvalue weighted by atomic mass is 10.1. The highest BCUT2D eigenvalue weighted by molar-refractivity contribution is 5.91. The van der Waals surface area contributed by atoms with Gasteiger partial charge >= 0.3 is 0 Å². The van der Waals surface area contributed by atoms with Crippen molar-refractivity contribution >= 4 is 21.9 Å². The van der Waals surface area contributed by atoms with Crippen molar-refractivity contribution < 1.29 is 0 Å². The Morgan fingerprint density at radius 1 is 1.11 bits per heavy atom. The third-order valence-corrected chi connectivity index (χ3v) is 3.01. The maximum Gasteiger partial charge on any atom is 0.161 e. The summed E-state index contributed by atoms with van der Waals surface area (Å²) in [7, 11) is 0. The molecule has 5 nitrogen and oxygen atoms in total. The van der Waals surface area contributed by atoms with Gasteiger partial charge in [-0.25, -0.2) is 15.0 Å². The summed E-state index contributed by atoms with van der Waals surface area (Å²) in [5.74, 6) is 0.632. The number of aromatic amines is 1. The molecule has 0 aliphatic rings. The topological polar surface area (TPSA) is 67.3 Å². The van der Waals surface area contributed by atoms with Gasteiger partial charge < -0.3 is 4.98 Å². The second-order valence-electron chi connectivity index (χ2n) is 4.15. The minimum absolute atomic E-state index is 0.632. The number of rotatable bonds is 1. The molecule has 19 heavy (non-hydrogen) atoms. The summed E-state index contributed by atoms with van der Waals surface area (Å²) < 4.78 is 0. The molecule has 5 heteroatoms. The van der Waals surface area contributed by atoms with Crippen molar-refractivity contribution in [3.8, 4) is 11.4 Å². The average Bonchev–Trinajstić information content (AvgIpc) is 2.95. The first-order valence-electron chi connectivity index (χ1n) is 5.84. The molecule has 4 aromatic rings. The molecule has 4 aromatic heterocycles. The Hall–Kier alpha value is -2.82. The van der Waals surface area contributed by atoms with E-state index in [4.69, 9.17) is 0 Å². The van der Waals surface area contributed by atoms with Crippen molar-refractivity contribution in [1.29, 1.82) is 0 Å². The summed E-state index contributed by atoms with van der Waals surface area (Å²) in [6.45, 7) is 0. The standard InChI is InChI=1S/C14H8N5/c1-4-15-8-12-9(1)7-18-14(19-12)11-3-6-17-13-10(11)2-5-16-13/h1-6,8H,(H,16,17). The van der Waals surface area contributed by atoms with Gasteiger partial charge in [-0.05, 0) is 18.2 Å². The monoisotopic (exact) mass is 246 g/mol. The zero-order valence-electron chi connectivity index (χ0n) is 9.83. The molecule has 4 rings (SSSR count). The number of fused-ring (bicyclic) bond motifs is 2. The smallest absolute Gasteiger partial charge is 0.161 e. The van der Waals surface area contributed by atoms with Crippen LogP contribution in [0.5, 0.6) is 0 Å². The van der Waals surface area contributed by atoms with Gasteiger partial charge in [0.25, 0.3) is 0 Å². The van der Waals surface area contributed by atoms with Crippen molar-refractivity contribution in [3.05, 3.63) is 49.2 Å². The molecule has 0 bridgehead atoms. The third-order valence-electron chi connectivity index (χ3n) is 3.01. The maximum atomic E-state index is 4.53. The van der Waals surface area contributed by atoms with E-state index in [-0.39, 0.29) is 0 Å². The molecular formula is C14H8N5. The number of hydrogen-bond donors (Lipinski definition) is 1. The quantitative estimate of drug-likeness (QED) is 0.560. The Labute approximate surface area is 108 Å². The summed E-state index contributed by atoms with van der Waals surface area (Å²) in [4.78, 5) is 20.2. The number of hydrogen-bond acceptors (Lipinski definition) is 4. The Bertz CT molecular complexity index is 881. The van der Waals surface area contributed by atoms with Crippen molar-refractivity contribution in [1.82, 2.24) is 24.9 Å². The fourth-order valence-corrected chi connectivity index (χ4v) is 2.10. The third kappa shape index (κ3) is 1.55. The van der Waals surface area contributed by atoms with Gasteiger partial charge in [0.2, 0.25) is 0 Å². The van der Waals surface area contributed by atoms with Crippen molar-refractivity contribution in [2.24, 2.45) is 0 Å². The van der Waals surface area contributed by atoms with Crippen LogP contribution in [0.1, 0.15) is 0 Å². The molecule has 0 saturated heterocycles. The summed E-state index contributed by atoms with van der Waals surface area (Å²) >= 11 is 0. The van der Waals surface area contributed by atoms with E-state index in [1.54, 1.807) is 18.6 Å². The van der Waals surface area contributed by atoms with Crippen molar-refractivity contribution in [2.75, 3.05) is 0 Å². The molecule has 0 unspecified atom stereocenters. The normalized spacial score (nSPS) is 11.2. The van der Waals surface area contributed by atoms with Crippen molar-refractivity contribution in [3.63, 3.8) is 0 Å². The van der Waals surface area contributed by atoms with Gasteiger partial charge in [-0.1, -0.05) is 0 Å². The number of nitrogens with one attached hydrogen (secondary N) is 1. The minimum Gasteiger partial charge on any atom is -0.346 e. The number of pyridine rings is 2. The van der Waals surface area contributed by atoms with Crippen LogP contribution >= 0.6 is 0 Å². The summed E-state index contributed by atoms with van der Waals surface area (Å²) in [6, 6.07) is 5.72. The summed E-state index contributed by atoms with van der Waals surface area (Å²) in [5, 5.41) is 1.86. The molecule has 0 aromatic carbocycles. The molecule has 0 atom stereocenters. The van der Waals surface area contributed by atoms with Crippen LogP contribution in [0.2, 0.25) is 0 Å². The fraction of sp³-hybridized carbons (Fsp3) is 0. The fourth-order valence-electron chi connectivity index (χ4n) is 2.10. The van der Waals surface area contributed by atoms with Crippen molar-refractivity contribution in [2.45, 2.75) is 0 Å². The number of aromatic nitrogens is 5. The first-order chi connectivity index (χ1) is 9.42. The molecule has 0 aliphatic heterocycles. The van der Waals surface area contributed by atoms with Crippen LogP contribution in [-0.4, -0.2) is 24.9 Å². The Morgan fingerprint density at radius 2 is 2.11 bits per heavy atom. The second-order valence-corrected chi connectivity index (χ2v) is 4.15. The van der Waals surface area contributed by atoms with Crippen LogP contribution in [0.3, 0.4) is 0 Å². The highest BCUT2D eigenvalue weighted by atomic mass is 14.9. The van der Waals surface area contributed by atoms with Gasteiger partial charge in [0.1, 0.15) is 11.8 Å². The number of nitrogens with zero attached hydrogens (tertiary/aromatic N) is 4. The largest absolute Gasteiger partial charge is 0.346 e. The van der Waals surface area contributed by atoms with E-state index in [1.807, 2.05) is 24.4 Å². The molecule has 1 N–H and O–H groups in total. The average molecular weight is 246 g/mol. The first kappa shape index (κ1) is 10.1. The van der Waals surface area contributed by atoms with Crippen LogP contribution in [0.25, 0.3) is 33.3 Å². The molecule has 1 radical (unpaired) electrons. The lowest BCUT2D eigenvalue weighted by Gasteiger charge is -2.02. The van der Waals surface area contributed by atoms with Gasteiger partial charge in [0.05, 0.1) is 11.7 Å². The van der Waals surface area contributed by atoms with Gasteiger partial charge in [0, 0.05) is 34.9 Å². The Morgan fingerprint density at radius 3 is 3.11 bits per heavy atom. The zero-order valence-corrected chi connectivity index (χ0v) is 9.83. The SMILES string of the molecule is [c]1nc(-c2ccnc3[nH]ccc23)nc2cnccc12. The predicted molar refractivity (Wildman–Crippen MR) is 71.3 cm³/mol. The van der Waals surface area contributed by atoms with E-state index in [0.717, 1.165) is 27.5 Å². The van der Waals surface area contributed by atoms with E-state index in [1.165, 1.54) is 0 Å². The highest BCUT2D eigenvalue weighted by Crippen LogP contribution is 2.24. The van der Waals surface area contributed by atoms with E-state index >= 15 is 0 Å². The Balaban J connectivity index is 2.01. The first-order valence-corrected chi connectivity index (χ1v) is 5.84. The second kappa shape index (κ2) is 3.84. The summed E-state index contributed by atoms with van der Waals surface area (Å²) in [5.41, 5.74) is 2.55. The van der Waals surface area contributed by atoms with E-state index in [9.17, 15) is 0 Å². The molecule has 0 spiro atoms. The minimum atomic E-state index is 0.632. The lowest BCUT2D eigenvalue weighted by molar-refractivity contribution is 1.20.